The van der Waals surface area contributed by atoms with Gasteiger partial charge < -0.3 is 15.4 Å². The molecule has 4 nitrogen and oxygen atoms in total. The van der Waals surface area contributed by atoms with Crippen LogP contribution in [0.1, 0.15) is 6.42 Å². The zero-order chi connectivity index (χ0) is 9.97. The number of methoxy groups -OCH3 is 1. The maximum atomic E-state index is 5.52. The Morgan fingerprint density at radius 3 is 3.00 bits per heavy atom. The lowest BCUT2D eigenvalue weighted by Gasteiger charge is -2.17. The highest BCUT2D eigenvalue weighted by Gasteiger charge is 2.22. The van der Waals surface area contributed by atoms with E-state index in [1.807, 2.05) is 18.3 Å². The molecule has 0 bridgehead atoms. The van der Waals surface area contributed by atoms with Crippen LogP contribution in [0.15, 0.2) is 18.3 Å². The van der Waals surface area contributed by atoms with Crippen molar-refractivity contribution in [2.75, 3.05) is 30.8 Å². The Morgan fingerprint density at radius 1 is 1.57 bits per heavy atom. The highest BCUT2D eigenvalue weighted by atomic mass is 16.5. The normalized spacial score (nSPS) is 21.5. The van der Waals surface area contributed by atoms with Crippen LogP contribution in [0.3, 0.4) is 0 Å². The molecule has 76 valence electrons. The predicted octanol–water partition coefficient (Wildman–Crippen LogP) is 0.889. The van der Waals surface area contributed by atoms with Crippen LogP contribution in [0.5, 0.6) is 0 Å². The summed E-state index contributed by atoms with van der Waals surface area (Å²) >= 11 is 0. The van der Waals surface area contributed by atoms with Gasteiger partial charge in [0.25, 0.3) is 0 Å². The van der Waals surface area contributed by atoms with Gasteiger partial charge in [-0.2, -0.15) is 0 Å². The number of pyridine rings is 1. The molecule has 0 radical (unpaired) electrons. The highest BCUT2D eigenvalue weighted by molar-refractivity contribution is 5.48. The second-order valence-corrected chi connectivity index (χ2v) is 3.53. The molecule has 2 heterocycles. The van der Waals surface area contributed by atoms with Crippen LogP contribution in [0.2, 0.25) is 0 Å². The first-order valence-corrected chi connectivity index (χ1v) is 4.79. The van der Waals surface area contributed by atoms with Gasteiger partial charge in [0.05, 0.1) is 18.0 Å². The van der Waals surface area contributed by atoms with Gasteiger partial charge in [0.2, 0.25) is 0 Å². The first kappa shape index (κ1) is 9.27. The smallest absolute Gasteiger partial charge is 0.123 e. The van der Waals surface area contributed by atoms with Crippen LogP contribution in [0, 0.1) is 0 Å². The maximum Gasteiger partial charge on any atom is 0.123 e. The summed E-state index contributed by atoms with van der Waals surface area (Å²) in [6.07, 6.45) is 3.25. The number of rotatable bonds is 2. The van der Waals surface area contributed by atoms with Gasteiger partial charge in [0.1, 0.15) is 5.82 Å². The van der Waals surface area contributed by atoms with Crippen molar-refractivity contribution in [2.45, 2.75) is 12.5 Å². The molecule has 1 aliphatic rings. The summed E-state index contributed by atoms with van der Waals surface area (Å²) in [4.78, 5) is 6.33. The summed E-state index contributed by atoms with van der Waals surface area (Å²) in [5, 5.41) is 0. The van der Waals surface area contributed by atoms with Crippen molar-refractivity contribution in [3.63, 3.8) is 0 Å². The second-order valence-electron chi connectivity index (χ2n) is 3.53. The quantitative estimate of drug-likeness (QED) is 0.757. The topological polar surface area (TPSA) is 51.4 Å². The zero-order valence-electron chi connectivity index (χ0n) is 8.31. The zero-order valence-corrected chi connectivity index (χ0v) is 8.31. The fourth-order valence-corrected chi connectivity index (χ4v) is 1.74. The van der Waals surface area contributed by atoms with E-state index in [4.69, 9.17) is 10.5 Å². The van der Waals surface area contributed by atoms with Gasteiger partial charge in [0.15, 0.2) is 0 Å². The van der Waals surface area contributed by atoms with E-state index >= 15 is 0 Å². The Hall–Kier alpha value is -1.29. The van der Waals surface area contributed by atoms with E-state index in [0.29, 0.717) is 11.9 Å². The molecule has 1 saturated heterocycles. The van der Waals surface area contributed by atoms with Gasteiger partial charge in [-0.05, 0) is 18.6 Å². The van der Waals surface area contributed by atoms with Crippen molar-refractivity contribution < 1.29 is 4.74 Å². The first-order valence-electron chi connectivity index (χ1n) is 4.79. The second kappa shape index (κ2) is 3.84. The number of hydrogen-bond donors (Lipinski definition) is 1. The van der Waals surface area contributed by atoms with Crippen molar-refractivity contribution in [3.8, 4) is 0 Å². The standard InChI is InChI=1S/C10H15N3O/c1-14-9-4-5-13(7-9)8-2-3-10(11)12-6-8/h2-3,6,9H,4-5,7H2,1H3,(H2,11,12). The van der Waals surface area contributed by atoms with Crippen molar-refractivity contribution in [2.24, 2.45) is 0 Å². The van der Waals surface area contributed by atoms with Crippen LogP contribution in [0.4, 0.5) is 11.5 Å². The van der Waals surface area contributed by atoms with Gasteiger partial charge in [-0.1, -0.05) is 0 Å². The molecule has 2 N–H and O–H groups in total. The molecule has 1 aliphatic heterocycles. The van der Waals surface area contributed by atoms with E-state index in [1.54, 1.807) is 7.11 Å². The lowest BCUT2D eigenvalue weighted by Crippen LogP contribution is -2.22. The minimum Gasteiger partial charge on any atom is -0.384 e. The van der Waals surface area contributed by atoms with Crippen LogP contribution in [-0.2, 0) is 4.74 Å². The number of ether oxygens (including phenoxy) is 1. The SMILES string of the molecule is COC1CCN(c2ccc(N)nc2)C1. The van der Waals surface area contributed by atoms with E-state index < -0.39 is 0 Å². The number of nitrogen functional groups attached to an aromatic ring is 1. The van der Waals surface area contributed by atoms with Crippen LogP contribution < -0.4 is 10.6 Å². The Kier molecular flexibility index (Phi) is 2.54. The fraction of sp³-hybridized carbons (Fsp3) is 0.500. The highest BCUT2D eigenvalue weighted by Crippen LogP contribution is 2.20. The monoisotopic (exact) mass is 193 g/mol. The summed E-state index contributed by atoms with van der Waals surface area (Å²) in [5.74, 6) is 0.566. The molecule has 0 amide bonds. The number of nitrogens with zero attached hydrogens (tertiary/aromatic N) is 2. The van der Waals surface area contributed by atoms with Crippen LogP contribution in [-0.4, -0.2) is 31.3 Å². The number of hydrogen-bond acceptors (Lipinski definition) is 4. The van der Waals surface area contributed by atoms with Gasteiger partial charge in [-0.15, -0.1) is 0 Å². The largest absolute Gasteiger partial charge is 0.384 e. The van der Waals surface area contributed by atoms with Gasteiger partial charge in [0, 0.05) is 20.2 Å². The van der Waals surface area contributed by atoms with E-state index in [0.717, 1.165) is 25.2 Å². The summed E-state index contributed by atoms with van der Waals surface area (Å²) in [7, 11) is 1.76. The van der Waals surface area contributed by atoms with Gasteiger partial charge in [-0.25, -0.2) is 4.98 Å². The average molecular weight is 193 g/mol. The lowest BCUT2D eigenvalue weighted by molar-refractivity contribution is 0.121. The lowest BCUT2D eigenvalue weighted by atomic mass is 10.3. The molecule has 0 saturated carbocycles. The molecule has 0 aliphatic carbocycles. The Morgan fingerprint density at radius 2 is 2.43 bits per heavy atom. The molecule has 14 heavy (non-hydrogen) atoms. The summed E-state index contributed by atoms with van der Waals surface area (Å²) in [6.45, 7) is 1.98. The van der Waals surface area contributed by atoms with Crippen molar-refractivity contribution in [1.82, 2.24) is 4.98 Å². The van der Waals surface area contributed by atoms with E-state index in [-0.39, 0.29) is 0 Å². The first-order chi connectivity index (χ1) is 6.79. The fourth-order valence-electron chi connectivity index (χ4n) is 1.74. The third-order valence-corrected chi connectivity index (χ3v) is 2.61. The van der Waals surface area contributed by atoms with Gasteiger partial charge >= 0.3 is 0 Å². The summed E-state index contributed by atoms with van der Waals surface area (Å²) < 4.78 is 5.30. The maximum absolute atomic E-state index is 5.52. The molecule has 1 aromatic rings. The molecule has 0 spiro atoms. The molecular weight excluding hydrogens is 178 g/mol. The minimum atomic E-state index is 0.354. The Bertz CT molecular complexity index is 299. The molecule has 1 aromatic heterocycles. The Balaban J connectivity index is 2.06. The molecule has 0 aromatic carbocycles. The van der Waals surface area contributed by atoms with E-state index in [9.17, 15) is 0 Å². The predicted molar refractivity (Wildman–Crippen MR) is 56.3 cm³/mol. The number of nitrogens with two attached hydrogens (primary N) is 1. The van der Waals surface area contributed by atoms with E-state index in [2.05, 4.69) is 9.88 Å². The minimum absolute atomic E-state index is 0.354. The van der Waals surface area contributed by atoms with Crippen LogP contribution >= 0.6 is 0 Å². The van der Waals surface area contributed by atoms with Crippen molar-refractivity contribution in [1.29, 1.82) is 0 Å². The van der Waals surface area contributed by atoms with Gasteiger partial charge in [-0.3, -0.25) is 0 Å². The molecule has 2 rings (SSSR count). The summed E-state index contributed by atoms with van der Waals surface area (Å²) in [6, 6.07) is 3.83. The third-order valence-electron chi connectivity index (χ3n) is 2.61. The molecule has 1 unspecified atom stereocenters. The summed E-state index contributed by atoms with van der Waals surface area (Å²) in [5.41, 5.74) is 6.65. The molecule has 4 heteroatoms. The number of anilines is 2. The average Bonchev–Trinajstić information content (AvgIpc) is 2.67. The molecule has 1 fully saturated rings. The van der Waals surface area contributed by atoms with E-state index in [1.165, 1.54) is 0 Å². The van der Waals surface area contributed by atoms with Crippen molar-refractivity contribution >= 4 is 11.5 Å². The number of aromatic nitrogens is 1. The molecular formula is C10H15N3O. The molecule has 1 atom stereocenters. The van der Waals surface area contributed by atoms with Crippen molar-refractivity contribution in [3.05, 3.63) is 18.3 Å². The third kappa shape index (κ3) is 1.80. The Labute approximate surface area is 83.7 Å². The van der Waals surface area contributed by atoms with Crippen LogP contribution in [0.25, 0.3) is 0 Å².